The Labute approximate surface area is 67.3 Å². The van der Waals surface area contributed by atoms with Gasteiger partial charge < -0.3 is 0 Å². The first kappa shape index (κ1) is 8.04. The molecule has 0 heterocycles. The second-order valence-corrected chi connectivity index (χ2v) is 5.15. The lowest BCUT2D eigenvalue weighted by Crippen LogP contribution is -1.51. The third kappa shape index (κ3) is 4.21. The highest BCUT2D eigenvalue weighted by Gasteiger charge is 1.97. The number of hydrogen-bond acceptors (Lipinski definition) is 2. The van der Waals surface area contributed by atoms with Crippen LogP contribution < -0.4 is 0 Å². The van der Waals surface area contributed by atoms with Crippen LogP contribution >= 0.6 is 60.6 Å². The summed E-state index contributed by atoms with van der Waals surface area (Å²) < 4.78 is 8.99. The van der Waals surface area contributed by atoms with Crippen LogP contribution in [0.1, 0.15) is 0 Å². The highest BCUT2D eigenvalue weighted by atomic mass is 127. The molecule has 6 heteroatoms. The Balaban J connectivity index is 2.75. The molecule has 38 valence electrons. The zero-order chi connectivity index (χ0) is 4.99. The minimum Gasteiger partial charge on any atom is -0.246 e. The van der Waals surface area contributed by atoms with Crippen molar-refractivity contribution >= 4 is 60.6 Å². The van der Waals surface area contributed by atoms with E-state index in [4.69, 9.17) is 0 Å². The standard InChI is InChI=1S/Br2IO2P/c1-4-6(3)5-2. The van der Waals surface area contributed by atoms with Crippen molar-refractivity contribution in [2.24, 2.45) is 0 Å². The number of hydrogen-bond donors (Lipinski definition) is 0. The van der Waals surface area contributed by atoms with Gasteiger partial charge in [0.05, 0.1) is 0 Å². The monoisotopic (exact) mass is 348 g/mol. The summed E-state index contributed by atoms with van der Waals surface area (Å²) in [6.07, 6.45) is 0. The molecule has 0 aliphatic carbocycles. The minimum atomic E-state index is -0.773. The van der Waals surface area contributed by atoms with Crippen LogP contribution in [0.15, 0.2) is 0 Å². The van der Waals surface area contributed by atoms with Gasteiger partial charge in [0.1, 0.15) is 32.5 Å². The Morgan fingerprint density at radius 3 is 1.67 bits per heavy atom. The van der Waals surface area contributed by atoms with Crippen molar-refractivity contribution in [1.82, 2.24) is 0 Å². The van der Waals surface area contributed by atoms with Gasteiger partial charge in [-0.3, -0.25) is 0 Å². The van der Waals surface area contributed by atoms with Crippen molar-refractivity contribution in [3.05, 3.63) is 0 Å². The van der Waals surface area contributed by atoms with Crippen LogP contribution in [0.4, 0.5) is 0 Å². The third-order valence-electron chi connectivity index (χ3n) is 0.109. The van der Waals surface area contributed by atoms with Crippen molar-refractivity contribution < 1.29 is 7.23 Å². The van der Waals surface area contributed by atoms with E-state index in [1.807, 2.05) is 22.0 Å². The van der Waals surface area contributed by atoms with E-state index in [-0.39, 0.29) is 0 Å². The molecule has 0 aliphatic heterocycles. The Bertz CT molecular complexity index is 30.7. The fraction of sp³-hybridized carbons (Fsp3) is 0. The molecule has 2 nitrogen and oxygen atoms in total. The predicted octanol–water partition coefficient (Wildman–Crippen LogP) is 3.30. The second kappa shape index (κ2) is 5.18. The van der Waals surface area contributed by atoms with Crippen molar-refractivity contribution in [2.45, 2.75) is 0 Å². The van der Waals surface area contributed by atoms with Gasteiger partial charge in [0.25, 0.3) is 6.02 Å². The van der Waals surface area contributed by atoms with E-state index in [1.165, 1.54) is 0 Å². The molecule has 0 rings (SSSR count). The van der Waals surface area contributed by atoms with Crippen LogP contribution in [0, 0.1) is 0 Å². The molecule has 0 aromatic rings. The molecule has 0 N–H and O–H groups in total. The summed E-state index contributed by atoms with van der Waals surface area (Å²) in [5, 5.41) is 0. The van der Waals surface area contributed by atoms with Crippen LogP contribution in [-0.4, -0.2) is 0 Å². The summed E-state index contributed by atoms with van der Waals surface area (Å²) in [6, 6.07) is -0.773. The summed E-state index contributed by atoms with van der Waals surface area (Å²) in [7, 11) is 0. The van der Waals surface area contributed by atoms with E-state index in [0.29, 0.717) is 0 Å². The maximum Gasteiger partial charge on any atom is 0.263 e. The Morgan fingerprint density at radius 1 is 1.33 bits per heavy atom. The van der Waals surface area contributed by atoms with Crippen molar-refractivity contribution in [3.8, 4) is 0 Å². The molecule has 0 bridgehead atoms. The summed E-state index contributed by atoms with van der Waals surface area (Å²) in [6.45, 7) is 0. The van der Waals surface area contributed by atoms with Crippen LogP contribution in [0.2, 0.25) is 0 Å². The first-order valence-electron chi connectivity index (χ1n) is 0.843. The van der Waals surface area contributed by atoms with E-state index >= 15 is 0 Å². The maximum atomic E-state index is 4.49. The van der Waals surface area contributed by atoms with Gasteiger partial charge >= 0.3 is 0 Å². The van der Waals surface area contributed by atoms with Gasteiger partial charge in [0, 0.05) is 22.0 Å². The maximum absolute atomic E-state index is 4.49. The molecule has 0 saturated heterocycles. The first-order valence-corrected chi connectivity index (χ1v) is 6.10. The van der Waals surface area contributed by atoms with E-state index in [2.05, 4.69) is 39.7 Å². The van der Waals surface area contributed by atoms with E-state index < -0.39 is 6.02 Å². The SMILES string of the molecule is BrOP(I)OBr. The van der Waals surface area contributed by atoms with Gasteiger partial charge in [-0.15, -0.1) is 0 Å². The average molecular weight is 350 g/mol. The normalized spacial score (nSPS) is 10.0. The first-order chi connectivity index (χ1) is 2.81. The molecule has 0 radical (unpaired) electrons. The molecule has 0 spiro atoms. The fourth-order valence-corrected chi connectivity index (χ4v) is 0.862. The lowest BCUT2D eigenvalue weighted by atomic mass is 15.9. The van der Waals surface area contributed by atoms with Crippen molar-refractivity contribution in [2.75, 3.05) is 0 Å². The second-order valence-electron chi connectivity index (χ2n) is 0.351. The van der Waals surface area contributed by atoms with Gasteiger partial charge in [-0.2, -0.15) is 0 Å². The van der Waals surface area contributed by atoms with Crippen molar-refractivity contribution in [3.63, 3.8) is 0 Å². The molecule has 0 fully saturated rings. The molecule has 0 aliphatic rings. The fourth-order valence-electron chi connectivity index (χ4n) is 0.0106. The lowest BCUT2D eigenvalue weighted by Gasteiger charge is -1.93. The highest BCUT2D eigenvalue weighted by molar-refractivity contribution is 14.2. The Morgan fingerprint density at radius 2 is 1.67 bits per heavy atom. The third-order valence-corrected chi connectivity index (χ3v) is 6.33. The Hall–Kier alpha value is 2.04. The quantitative estimate of drug-likeness (QED) is 0.562. The molecule has 6 heavy (non-hydrogen) atoms. The van der Waals surface area contributed by atoms with Crippen LogP contribution in [0.3, 0.4) is 0 Å². The van der Waals surface area contributed by atoms with Gasteiger partial charge in [0.2, 0.25) is 0 Å². The van der Waals surface area contributed by atoms with E-state index in [0.717, 1.165) is 0 Å². The number of rotatable bonds is 2. The molecule has 0 amide bonds. The molecular weight excluding hydrogens is 350 g/mol. The smallest absolute Gasteiger partial charge is 0.246 e. The van der Waals surface area contributed by atoms with Gasteiger partial charge in [-0.1, -0.05) is 0 Å². The molecule has 0 aromatic carbocycles. The zero-order valence-electron chi connectivity index (χ0n) is 2.40. The molecule has 0 aromatic heterocycles. The van der Waals surface area contributed by atoms with E-state index in [9.17, 15) is 0 Å². The van der Waals surface area contributed by atoms with E-state index in [1.54, 1.807) is 0 Å². The molecule has 0 unspecified atom stereocenters. The zero-order valence-corrected chi connectivity index (χ0v) is 8.62. The van der Waals surface area contributed by atoms with Crippen molar-refractivity contribution in [1.29, 1.82) is 0 Å². The summed E-state index contributed by atoms with van der Waals surface area (Å²) in [4.78, 5) is 0. The van der Waals surface area contributed by atoms with Gasteiger partial charge in [-0.05, 0) is 0 Å². The summed E-state index contributed by atoms with van der Waals surface area (Å²) in [5.41, 5.74) is 0. The van der Waals surface area contributed by atoms with Crippen LogP contribution in [0.25, 0.3) is 0 Å². The van der Waals surface area contributed by atoms with Gasteiger partial charge in [0.15, 0.2) is 0 Å². The minimum absolute atomic E-state index is 0.773. The molecule has 0 atom stereocenters. The van der Waals surface area contributed by atoms with Gasteiger partial charge in [-0.25, -0.2) is 7.23 Å². The van der Waals surface area contributed by atoms with Crippen LogP contribution in [-0.2, 0) is 7.23 Å². The molecule has 0 saturated carbocycles. The lowest BCUT2D eigenvalue weighted by molar-refractivity contribution is 0.643. The summed E-state index contributed by atoms with van der Waals surface area (Å²) >= 11 is 7.48. The predicted molar refractivity (Wildman–Crippen MR) is 41.0 cm³/mol. The topological polar surface area (TPSA) is 18.5 Å². The highest BCUT2D eigenvalue weighted by Crippen LogP contribution is 2.50. The van der Waals surface area contributed by atoms with Crippen LogP contribution in [0.5, 0.6) is 0 Å². The average Bonchev–Trinajstić information content (AvgIpc) is 1.65. The summed E-state index contributed by atoms with van der Waals surface area (Å²) in [5.74, 6) is 0. The number of halogens is 3. The largest absolute Gasteiger partial charge is 0.263 e. The Kier molecular flexibility index (Phi) is 6.94. The molecular formula is Br2IO2P.